The lowest BCUT2D eigenvalue weighted by molar-refractivity contribution is 0.0195. The number of aryl methyl sites for hydroxylation is 1. The zero-order valence-electron chi connectivity index (χ0n) is 18.3. The minimum Gasteiger partial charge on any atom is -0.461 e. The zero-order valence-corrected chi connectivity index (χ0v) is 19.9. The fraction of sp³-hybridized carbons (Fsp3) is 0.292. The van der Waals surface area contributed by atoms with E-state index in [1.165, 1.54) is 11.3 Å². The van der Waals surface area contributed by atoms with Crippen LogP contribution in [0.4, 0.5) is 5.13 Å². The van der Waals surface area contributed by atoms with Crippen molar-refractivity contribution in [2.45, 2.75) is 6.92 Å². The number of esters is 1. The Balaban J connectivity index is 1.38. The average Bonchev–Trinajstić information content (AvgIpc) is 3.29. The smallest absolute Gasteiger partial charge is 0.338 e. The number of nitrogens with zero attached hydrogens (tertiary/aromatic N) is 3. The predicted octanol–water partition coefficient (Wildman–Crippen LogP) is 4.71. The second-order valence-corrected chi connectivity index (χ2v) is 8.83. The fourth-order valence-corrected chi connectivity index (χ4v) is 4.31. The number of hydrazone groups is 1. The molecule has 1 fully saturated rings. The molecule has 1 aliphatic rings. The molecule has 0 radical (unpaired) electrons. The number of carbonyl (C=O) groups is 1. The molecule has 2 aromatic carbocycles. The Morgan fingerprint density at radius 2 is 2.12 bits per heavy atom. The van der Waals surface area contributed by atoms with E-state index in [1.807, 2.05) is 48.7 Å². The molecule has 0 bridgehead atoms. The van der Waals surface area contributed by atoms with Crippen LogP contribution >= 0.6 is 22.9 Å². The summed E-state index contributed by atoms with van der Waals surface area (Å²) in [6.45, 7) is 6.17. The van der Waals surface area contributed by atoms with Gasteiger partial charge in [0, 0.05) is 41.2 Å². The molecular formula is C24H25ClN4O3S. The Morgan fingerprint density at radius 3 is 2.94 bits per heavy atom. The van der Waals surface area contributed by atoms with Crippen LogP contribution in [0.1, 0.15) is 21.5 Å². The number of thiazole rings is 1. The number of rotatable bonds is 8. The Morgan fingerprint density at radius 1 is 1.30 bits per heavy atom. The third-order valence-electron chi connectivity index (χ3n) is 5.19. The summed E-state index contributed by atoms with van der Waals surface area (Å²) in [5.74, 6) is -0.361. The Kier molecular flexibility index (Phi) is 8.06. The van der Waals surface area contributed by atoms with Crippen LogP contribution in [0, 0.1) is 6.92 Å². The van der Waals surface area contributed by atoms with Gasteiger partial charge in [0.1, 0.15) is 6.61 Å². The van der Waals surface area contributed by atoms with E-state index < -0.39 is 0 Å². The summed E-state index contributed by atoms with van der Waals surface area (Å²) in [6, 6.07) is 13.1. The van der Waals surface area contributed by atoms with Crippen molar-refractivity contribution in [1.82, 2.24) is 9.88 Å². The molecule has 1 aromatic heterocycles. The standard InChI is InChI=1S/C24H25ClN4O3S/c1-17-6-7-19(23(30)32-13-10-29-8-11-31-12-9-29)18(14-17)15-26-28-24-27-22(16-33-24)20-4-2-3-5-21(20)25/h2-7,14-16H,8-13H2,1H3,(H,27,28). The van der Waals surface area contributed by atoms with E-state index >= 15 is 0 Å². The van der Waals surface area contributed by atoms with E-state index in [2.05, 4.69) is 20.4 Å². The maximum Gasteiger partial charge on any atom is 0.338 e. The lowest BCUT2D eigenvalue weighted by Gasteiger charge is -2.26. The minimum absolute atomic E-state index is 0.339. The van der Waals surface area contributed by atoms with Crippen molar-refractivity contribution >= 4 is 40.3 Å². The molecule has 1 N–H and O–H groups in total. The van der Waals surface area contributed by atoms with Gasteiger partial charge in [-0.25, -0.2) is 9.78 Å². The van der Waals surface area contributed by atoms with Gasteiger partial charge in [-0.2, -0.15) is 5.10 Å². The van der Waals surface area contributed by atoms with Gasteiger partial charge in [-0.3, -0.25) is 10.3 Å². The average molecular weight is 485 g/mol. The third kappa shape index (κ3) is 6.39. The SMILES string of the molecule is Cc1ccc(C(=O)OCCN2CCOCC2)c(C=NNc2nc(-c3ccccc3Cl)cs2)c1. The molecule has 3 aromatic rings. The lowest BCUT2D eigenvalue weighted by Crippen LogP contribution is -2.38. The Labute approximate surface area is 202 Å². The highest BCUT2D eigenvalue weighted by molar-refractivity contribution is 7.14. The van der Waals surface area contributed by atoms with Gasteiger partial charge in [-0.05, 0) is 25.1 Å². The molecule has 0 aliphatic carbocycles. The summed E-state index contributed by atoms with van der Waals surface area (Å²) in [5.41, 5.74) is 6.77. The van der Waals surface area contributed by atoms with Crippen LogP contribution in [0.15, 0.2) is 52.9 Å². The molecule has 1 saturated heterocycles. The number of hydrogen-bond donors (Lipinski definition) is 1. The number of anilines is 1. The van der Waals surface area contributed by atoms with E-state index in [4.69, 9.17) is 21.1 Å². The van der Waals surface area contributed by atoms with Crippen molar-refractivity contribution < 1.29 is 14.3 Å². The first-order valence-electron chi connectivity index (χ1n) is 10.7. The van der Waals surface area contributed by atoms with E-state index in [0.717, 1.165) is 43.1 Å². The van der Waals surface area contributed by atoms with Crippen LogP contribution in [-0.4, -0.2) is 61.5 Å². The first-order chi connectivity index (χ1) is 16.1. The third-order valence-corrected chi connectivity index (χ3v) is 6.27. The summed E-state index contributed by atoms with van der Waals surface area (Å²) in [5, 5.41) is 7.48. The van der Waals surface area contributed by atoms with Crippen LogP contribution in [0.5, 0.6) is 0 Å². The van der Waals surface area contributed by atoms with E-state index in [-0.39, 0.29) is 5.97 Å². The molecule has 7 nitrogen and oxygen atoms in total. The topological polar surface area (TPSA) is 76.0 Å². The van der Waals surface area contributed by atoms with E-state index in [9.17, 15) is 4.79 Å². The molecule has 4 rings (SSSR count). The number of aromatic nitrogens is 1. The van der Waals surface area contributed by atoms with Crippen molar-refractivity contribution in [2.24, 2.45) is 5.10 Å². The second-order valence-electron chi connectivity index (χ2n) is 7.57. The van der Waals surface area contributed by atoms with Crippen LogP contribution < -0.4 is 5.43 Å². The molecule has 172 valence electrons. The number of hydrogen-bond acceptors (Lipinski definition) is 8. The first kappa shape index (κ1) is 23.4. The van der Waals surface area contributed by atoms with Crippen molar-refractivity contribution in [3.63, 3.8) is 0 Å². The van der Waals surface area contributed by atoms with Gasteiger partial charge in [-0.15, -0.1) is 11.3 Å². The molecule has 1 aliphatic heterocycles. The number of carbonyl (C=O) groups excluding carboxylic acids is 1. The summed E-state index contributed by atoms with van der Waals surface area (Å²) in [6.07, 6.45) is 1.61. The first-order valence-corrected chi connectivity index (χ1v) is 11.9. The summed E-state index contributed by atoms with van der Waals surface area (Å²) in [4.78, 5) is 19.4. The largest absolute Gasteiger partial charge is 0.461 e. The van der Waals surface area contributed by atoms with Gasteiger partial charge in [0.05, 0.1) is 30.7 Å². The summed E-state index contributed by atoms with van der Waals surface area (Å²) in [7, 11) is 0. The van der Waals surface area contributed by atoms with Gasteiger partial charge < -0.3 is 9.47 Å². The van der Waals surface area contributed by atoms with Crippen LogP contribution in [-0.2, 0) is 9.47 Å². The molecule has 0 unspecified atom stereocenters. The van der Waals surface area contributed by atoms with Gasteiger partial charge >= 0.3 is 5.97 Å². The quantitative estimate of drug-likeness (QED) is 0.283. The van der Waals surface area contributed by atoms with Crippen molar-refractivity contribution in [1.29, 1.82) is 0 Å². The molecule has 0 atom stereocenters. The predicted molar refractivity (Wildman–Crippen MR) is 132 cm³/mol. The number of benzene rings is 2. The summed E-state index contributed by atoms with van der Waals surface area (Å²) < 4.78 is 10.9. The maximum atomic E-state index is 12.7. The van der Waals surface area contributed by atoms with Gasteiger partial charge in [0.25, 0.3) is 0 Å². The minimum atomic E-state index is -0.361. The molecule has 33 heavy (non-hydrogen) atoms. The number of ether oxygens (including phenoxy) is 2. The van der Waals surface area contributed by atoms with E-state index in [0.29, 0.717) is 34.4 Å². The maximum absolute atomic E-state index is 12.7. The number of halogens is 1. The highest BCUT2D eigenvalue weighted by Crippen LogP contribution is 2.30. The van der Waals surface area contributed by atoms with Crippen LogP contribution in [0.2, 0.25) is 5.02 Å². The van der Waals surface area contributed by atoms with Gasteiger partial charge in [-0.1, -0.05) is 41.4 Å². The van der Waals surface area contributed by atoms with Gasteiger partial charge in [0.2, 0.25) is 5.13 Å². The monoisotopic (exact) mass is 484 g/mol. The van der Waals surface area contributed by atoms with Crippen LogP contribution in [0.3, 0.4) is 0 Å². The number of morpholine rings is 1. The Bertz CT molecular complexity index is 1130. The second kappa shape index (κ2) is 11.4. The molecular weight excluding hydrogens is 460 g/mol. The Hall–Kier alpha value is -2.78. The molecule has 0 saturated carbocycles. The van der Waals surface area contributed by atoms with Crippen molar-refractivity contribution in [3.8, 4) is 11.3 Å². The van der Waals surface area contributed by atoms with E-state index in [1.54, 1.807) is 12.3 Å². The highest BCUT2D eigenvalue weighted by atomic mass is 35.5. The fourth-order valence-electron chi connectivity index (χ4n) is 3.42. The number of nitrogens with one attached hydrogen (secondary N) is 1. The zero-order chi connectivity index (χ0) is 23.0. The van der Waals surface area contributed by atoms with Crippen LogP contribution in [0.25, 0.3) is 11.3 Å². The lowest BCUT2D eigenvalue weighted by atomic mass is 10.1. The molecule has 0 spiro atoms. The summed E-state index contributed by atoms with van der Waals surface area (Å²) >= 11 is 7.68. The molecule has 2 heterocycles. The molecule has 9 heteroatoms. The van der Waals surface area contributed by atoms with Crippen molar-refractivity contribution in [2.75, 3.05) is 44.9 Å². The normalized spacial score (nSPS) is 14.5. The van der Waals surface area contributed by atoms with Gasteiger partial charge in [0.15, 0.2) is 0 Å². The highest BCUT2D eigenvalue weighted by Gasteiger charge is 2.15. The molecule has 0 amide bonds. The van der Waals surface area contributed by atoms with Crippen molar-refractivity contribution in [3.05, 3.63) is 69.6 Å².